The van der Waals surface area contributed by atoms with Gasteiger partial charge in [0.1, 0.15) is 5.82 Å². The average molecular weight is 289 g/mol. The number of halogens is 2. The lowest BCUT2D eigenvalue weighted by Crippen LogP contribution is -2.51. The highest BCUT2D eigenvalue weighted by Crippen LogP contribution is 2.23. The second-order valence-corrected chi connectivity index (χ2v) is 6.25. The van der Waals surface area contributed by atoms with Crippen LogP contribution >= 0.6 is 23.4 Å². The van der Waals surface area contributed by atoms with Crippen molar-refractivity contribution >= 4 is 23.4 Å². The second-order valence-electron chi connectivity index (χ2n) is 4.69. The minimum Gasteiger partial charge on any atom is -0.326 e. The predicted octanol–water partition coefficient (Wildman–Crippen LogP) is 2.40. The van der Waals surface area contributed by atoms with Crippen molar-refractivity contribution in [1.82, 2.24) is 4.90 Å². The molecule has 0 amide bonds. The molecular formula is C13H18ClFN2S. The normalized spacial score (nSPS) is 23.0. The standard InChI is InChI=1S/C13H18ClFN2S/c1-17-5-6-18-8-13(17)12(16)7-9-10(14)3-2-4-11(9)15/h2-4,12-13H,5-8,16H2,1H3. The summed E-state index contributed by atoms with van der Waals surface area (Å²) in [5.74, 6) is 1.88. The Morgan fingerprint density at radius 2 is 2.39 bits per heavy atom. The Hall–Kier alpha value is -0.290. The molecule has 100 valence electrons. The summed E-state index contributed by atoms with van der Waals surface area (Å²) in [4.78, 5) is 2.26. The van der Waals surface area contributed by atoms with Crippen molar-refractivity contribution in [2.75, 3.05) is 25.1 Å². The van der Waals surface area contributed by atoms with Gasteiger partial charge in [-0.2, -0.15) is 11.8 Å². The van der Waals surface area contributed by atoms with Crippen LogP contribution in [-0.2, 0) is 6.42 Å². The van der Waals surface area contributed by atoms with E-state index in [0.717, 1.165) is 18.1 Å². The summed E-state index contributed by atoms with van der Waals surface area (Å²) >= 11 is 7.94. The molecule has 1 saturated heterocycles. The van der Waals surface area contributed by atoms with Gasteiger partial charge in [-0.3, -0.25) is 0 Å². The zero-order valence-electron chi connectivity index (χ0n) is 10.4. The first kappa shape index (κ1) is 14.1. The van der Waals surface area contributed by atoms with E-state index in [9.17, 15) is 4.39 Å². The first-order valence-electron chi connectivity index (χ1n) is 6.06. The van der Waals surface area contributed by atoms with Crippen molar-refractivity contribution in [3.63, 3.8) is 0 Å². The maximum atomic E-state index is 13.7. The Kier molecular flexibility index (Phi) is 4.90. The summed E-state index contributed by atoms with van der Waals surface area (Å²) in [5.41, 5.74) is 6.77. The van der Waals surface area contributed by atoms with E-state index in [2.05, 4.69) is 11.9 Å². The number of nitrogens with zero attached hydrogens (tertiary/aromatic N) is 1. The molecule has 5 heteroatoms. The molecule has 2 rings (SSSR count). The highest BCUT2D eigenvalue weighted by molar-refractivity contribution is 7.99. The van der Waals surface area contributed by atoms with E-state index in [1.54, 1.807) is 12.1 Å². The number of hydrogen-bond donors (Lipinski definition) is 1. The maximum absolute atomic E-state index is 13.7. The maximum Gasteiger partial charge on any atom is 0.127 e. The Labute approximate surface area is 117 Å². The largest absolute Gasteiger partial charge is 0.326 e. The van der Waals surface area contributed by atoms with Crippen LogP contribution in [0.4, 0.5) is 4.39 Å². The van der Waals surface area contributed by atoms with Gasteiger partial charge in [0.2, 0.25) is 0 Å². The van der Waals surface area contributed by atoms with Gasteiger partial charge in [-0.15, -0.1) is 0 Å². The minimum atomic E-state index is -0.260. The monoisotopic (exact) mass is 288 g/mol. The molecule has 1 aromatic rings. The van der Waals surface area contributed by atoms with Gasteiger partial charge in [0.25, 0.3) is 0 Å². The minimum absolute atomic E-state index is 0.0859. The average Bonchev–Trinajstić information content (AvgIpc) is 2.34. The van der Waals surface area contributed by atoms with Crippen LogP contribution in [-0.4, -0.2) is 42.1 Å². The SMILES string of the molecule is CN1CCSCC1C(N)Cc1c(F)cccc1Cl. The molecule has 2 atom stereocenters. The van der Waals surface area contributed by atoms with Gasteiger partial charge >= 0.3 is 0 Å². The summed E-state index contributed by atoms with van der Waals surface area (Å²) in [6, 6.07) is 4.98. The third kappa shape index (κ3) is 3.18. The third-order valence-electron chi connectivity index (χ3n) is 3.44. The lowest BCUT2D eigenvalue weighted by molar-refractivity contribution is 0.234. The van der Waals surface area contributed by atoms with Gasteiger partial charge in [0.05, 0.1) is 0 Å². The summed E-state index contributed by atoms with van der Waals surface area (Å²) in [5, 5.41) is 0.469. The number of nitrogens with two attached hydrogens (primary N) is 1. The van der Waals surface area contributed by atoms with Crippen LogP contribution in [0, 0.1) is 5.82 Å². The lowest BCUT2D eigenvalue weighted by Gasteiger charge is -2.36. The van der Waals surface area contributed by atoms with Crippen molar-refractivity contribution in [2.45, 2.75) is 18.5 Å². The van der Waals surface area contributed by atoms with Crippen molar-refractivity contribution in [2.24, 2.45) is 5.73 Å². The third-order valence-corrected chi connectivity index (χ3v) is 4.84. The molecule has 2 nitrogen and oxygen atoms in total. The number of benzene rings is 1. The van der Waals surface area contributed by atoms with E-state index in [0.29, 0.717) is 23.0 Å². The molecule has 0 aromatic heterocycles. The molecule has 1 heterocycles. The Morgan fingerprint density at radius 3 is 3.06 bits per heavy atom. The molecule has 2 N–H and O–H groups in total. The van der Waals surface area contributed by atoms with E-state index in [1.165, 1.54) is 6.07 Å². The molecule has 2 unspecified atom stereocenters. The first-order chi connectivity index (χ1) is 8.59. The lowest BCUT2D eigenvalue weighted by atomic mass is 9.99. The van der Waals surface area contributed by atoms with Crippen molar-refractivity contribution in [3.8, 4) is 0 Å². The fraction of sp³-hybridized carbons (Fsp3) is 0.538. The molecule has 1 aliphatic rings. The van der Waals surface area contributed by atoms with E-state index >= 15 is 0 Å². The molecule has 1 aromatic carbocycles. The summed E-state index contributed by atoms with van der Waals surface area (Å²) in [7, 11) is 2.08. The van der Waals surface area contributed by atoms with Crippen LogP contribution in [0.5, 0.6) is 0 Å². The Bertz CT molecular complexity index is 396. The Morgan fingerprint density at radius 1 is 1.61 bits per heavy atom. The van der Waals surface area contributed by atoms with Crippen LogP contribution < -0.4 is 5.73 Å². The van der Waals surface area contributed by atoms with Crippen LogP contribution in [0.1, 0.15) is 5.56 Å². The topological polar surface area (TPSA) is 29.3 Å². The first-order valence-corrected chi connectivity index (χ1v) is 7.59. The number of thioether (sulfide) groups is 1. The summed E-state index contributed by atoms with van der Waals surface area (Å²) in [6.07, 6.45) is 0.487. The molecule has 0 bridgehead atoms. The summed E-state index contributed by atoms with van der Waals surface area (Å²) in [6.45, 7) is 1.04. The fourth-order valence-electron chi connectivity index (χ4n) is 2.26. The van der Waals surface area contributed by atoms with Crippen LogP contribution in [0.2, 0.25) is 5.02 Å². The molecule has 0 saturated carbocycles. The quantitative estimate of drug-likeness (QED) is 0.926. The molecule has 0 spiro atoms. The Balaban J connectivity index is 2.08. The van der Waals surface area contributed by atoms with Gasteiger partial charge in [0, 0.05) is 40.7 Å². The molecule has 1 aliphatic heterocycles. The van der Waals surface area contributed by atoms with Gasteiger partial charge in [0.15, 0.2) is 0 Å². The fourth-order valence-corrected chi connectivity index (χ4v) is 3.82. The smallest absolute Gasteiger partial charge is 0.127 e. The molecule has 1 fully saturated rings. The zero-order valence-corrected chi connectivity index (χ0v) is 12.0. The van der Waals surface area contributed by atoms with Crippen molar-refractivity contribution < 1.29 is 4.39 Å². The van der Waals surface area contributed by atoms with Crippen LogP contribution in [0.15, 0.2) is 18.2 Å². The van der Waals surface area contributed by atoms with E-state index < -0.39 is 0 Å². The molecule has 0 aliphatic carbocycles. The van der Waals surface area contributed by atoms with Gasteiger partial charge in [-0.1, -0.05) is 17.7 Å². The molecule has 0 radical (unpaired) electrons. The molecular weight excluding hydrogens is 271 g/mol. The van der Waals surface area contributed by atoms with Gasteiger partial charge < -0.3 is 10.6 Å². The number of rotatable bonds is 3. The van der Waals surface area contributed by atoms with E-state index in [1.807, 2.05) is 11.8 Å². The predicted molar refractivity (Wildman–Crippen MR) is 76.8 cm³/mol. The van der Waals surface area contributed by atoms with Crippen LogP contribution in [0.25, 0.3) is 0 Å². The van der Waals surface area contributed by atoms with Crippen molar-refractivity contribution in [3.05, 3.63) is 34.6 Å². The number of likely N-dealkylation sites (N-methyl/N-ethyl adjacent to an activating group) is 1. The van der Waals surface area contributed by atoms with Crippen molar-refractivity contribution in [1.29, 1.82) is 0 Å². The highest BCUT2D eigenvalue weighted by Gasteiger charge is 2.26. The van der Waals surface area contributed by atoms with Gasteiger partial charge in [-0.25, -0.2) is 4.39 Å². The highest BCUT2D eigenvalue weighted by atomic mass is 35.5. The zero-order chi connectivity index (χ0) is 13.1. The summed E-state index contributed by atoms with van der Waals surface area (Å²) < 4.78 is 13.7. The van der Waals surface area contributed by atoms with Gasteiger partial charge in [-0.05, 0) is 25.6 Å². The molecule has 18 heavy (non-hydrogen) atoms. The van der Waals surface area contributed by atoms with E-state index in [4.69, 9.17) is 17.3 Å². The second kappa shape index (κ2) is 6.24. The number of hydrogen-bond acceptors (Lipinski definition) is 3. The van der Waals surface area contributed by atoms with Crippen LogP contribution in [0.3, 0.4) is 0 Å². The van der Waals surface area contributed by atoms with E-state index in [-0.39, 0.29) is 11.9 Å².